The maximum atomic E-state index is 14.3. The van der Waals surface area contributed by atoms with Crippen molar-refractivity contribution in [2.45, 2.75) is 25.8 Å². The van der Waals surface area contributed by atoms with Gasteiger partial charge in [0.2, 0.25) is 5.91 Å². The minimum Gasteiger partial charge on any atom is -0.490 e. The van der Waals surface area contributed by atoms with Crippen molar-refractivity contribution in [1.82, 2.24) is 0 Å². The second-order valence-corrected chi connectivity index (χ2v) is 5.41. The number of halogens is 1. The van der Waals surface area contributed by atoms with Gasteiger partial charge in [0.1, 0.15) is 0 Å². The molecule has 0 saturated carbocycles. The maximum Gasteiger partial charge on any atom is 0.313 e. The zero-order valence-corrected chi connectivity index (χ0v) is 12.4. The molecule has 2 rings (SSSR count). The van der Waals surface area contributed by atoms with Crippen LogP contribution in [0.15, 0.2) is 12.1 Å². The number of carbonyl (C=O) groups excluding carboxylic acids is 1. The normalized spacial score (nSPS) is 21.5. The molecule has 1 aliphatic rings. The molecule has 0 bridgehead atoms. The van der Waals surface area contributed by atoms with Gasteiger partial charge < -0.3 is 15.4 Å². The lowest BCUT2D eigenvalue weighted by atomic mass is 9.92. The van der Waals surface area contributed by atoms with Crippen LogP contribution in [0, 0.1) is 21.8 Å². The molecule has 1 saturated heterocycles. The molecule has 1 aromatic carbocycles. The van der Waals surface area contributed by atoms with Gasteiger partial charge >= 0.3 is 5.69 Å². The van der Waals surface area contributed by atoms with E-state index in [9.17, 15) is 19.3 Å². The molecule has 1 fully saturated rings. The molecule has 22 heavy (non-hydrogen) atoms. The van der Waals surface area contributed by atoms with Crippen molar-refractivity contribution in [3.63, 3.8) is 0 Å². The number of carbonyl (C=O) groups is 1. The molecule has 2 atom stereocenters. The molecule has 1 aliphatic heterocycles. The van der Waals surface area contributed by atoms with Crippen LogP contribution in [0.4, 0.5) is 15.8 Å². The predicted molar refractivity (Wildman–Crippen MR) is 78.3 cm³/mol. The lowest BCUT2D eigenvalue weighted by Crippen LogP contribution is -2.46. The number of amides is 1. The molecule has 0 aromatic heterocycles. The highest BCUT2D eigenvalue weighted by molar-refractivity contribution is 5.78. The van der Waals surface area contributed by atoms with Crippen molar-refractivity contribution >= 4 is 17.3 Å². The summed E-state index contributed by atoms with van der Waals surface area (Å²) < 4.78 is 19.3. The number of piperidine rings is 1. The summed E-state index contributed by atoms with van der Waals surface area (Å²) in [5.74, 6) is -1.53. The van der Waals surface area contributed by atoms with Gasteiger partial charge in [0, 0.05) is 18.7 Å². The largest absolute Gasteiger partial charge is 0.490 e. The molecule has 1 amide bonds. The van der Waals surface area contributed by atoms with Crippen LogP contribution in [0.25, 0.3) is 0 Å². The van der Waals surface area contributed by atoms with Crippen molar-refractivity contribution in [2.24, 2.45) is 11.7 Å². The van der Waals surface area contributed by atoms with Crippen LogP contribution >= 0.6 is 0 Å². The number of primary amides is 1. The highest BCUT2D eigenvalue weighted by Gasteiger charge is 2.31. The van der Waals surface area contributed by atoms with E-state index in [1.54, 1.807) is 4.90 Å². The van der Waals surface area contributed by atoms with Gasteiger partial charge in [-0.1, -0.05) is 0 Å². The molecule has 0 radical (unpaired) electrons. The summed E-state index contributed by atoms with van der Waals surface area (Å²) >= 11 is 0. The van der Waals surface area contributed by atoms with E-state index in [0.29, 0.717) is 12.8 Å². The van der Waals surface area contributed by atoms with Crippen LogP contribution in [-0.4, -0.2) is 30.5 Å². The molecule has 0 unspecified atom stereocenters. The molecule has 1 aromatic rings. The summed E-state index contributed by atoms with van der Waals surface area (Å²) in [5, 5.41) is 10.9. The van der Waals surface area contributed by atoms with Crippen LogP contribution in [0.5, 0.6) is 5.75 Å². The summed E-state index contributed by atoms with van der Waals surface area (Å²) in [5.41, 5.74) is 5.09. The first-order valence-electron chi connectivity index (χ1n) is 6.93. The van der Waals surface area contributed by atoms with Gasteiger partial charge in [-0.2, -0.15) is 0 Å². The monoisotopic (exact) mass is 311 g/mol. The Balaban J connectivity index is 2.42. The Kier molecular flexibility index (Phi) is 4.48. The van der Waals surface area contributed by atoms with E-state index in [1.165, 1.54) is 13.2 Å². The number of nitro benzene ring substituents is 1. The Labute approximate surface area is 127 Å². The number of hydrogen-bond donors (Lipinski definition) is 1. The van der Waals surface area contributed by atoms with E-state index >= 15 is 0 Å². The zero-order valence-electron chi connectivity index (χ0n) is 12.4. The third-order valence-electron chi connectivity index (χ3n) is 4.04. The summed E-state index contributed by atoms with van der Waals surface area (Å²) in [7, 11) is 1.29. The number of anilines is 1. The second-order valence-electron chi connectivity index (χ2n) is 5.41. The van der Waals surface area contributed by atoms with E-state index in [4.69, 9.17) is 10.5 Å². The molecule has 120 valence electrons. The Morgan fingerprint density at radius 3 is 2.73 bits per heavy atom. The Hall–Kier alpha value is -2.38. The number of hydrogen-bond acceptors (Lipinski definition) is 5. The zero-order chi connectivity index (χ0) is 16.4. The number of nitrogens with zero attached hydrogens (tertiary/aromatic N) is 2. The first-order chi connectivity index (χ1) is 10.3. The molecule has 0 spiro atoms. The highest BCUT2D eigenvalue weighted by Crippen LogP contribution is 2.37. The van der Waals surface area contributed by atoms with Crippen molar-refractivity contribution < 1.29 is 18.8 Å². The molecule has 0 aliphatic carbocycles. The van der Waals surface area contributed by atoms with E-state index in [0.717, 1.165) is 6.07 Å². The van der Waals surface area contributed by atoms with Crippen molar-refractivity contribution in [2.75, 3.05) is 18.6 Å². The van der Waals surface area contributed by atoms with Crippen LogP contribution in [0.3, 0.4) is 0 Å². The number of nitrogens with two attached hydrogens (primary N) is 1. The van der Waals surface area contributed by atoms with E-state index in [1.807, 2.05) is 6.92 Å². The lowest BCUT2D eigenvalue weighted by Gasteiger charge is -2.38. The Morgan fingerprint density at radius 2 is 2.18 bits per heavy atom. The van der Waals surface area contributed by atoms with Crippen molar-refractivity contribution in [3.05, 3.63) is 28.1 Å². The second kappa shape index (κ2) is 6.17. The first-order valence-corrected chi connectivity index (χ1v) is 6.93. The summed E-state index contributed by atoms with van der Waals surface area (Å²) in [6.45, 7) is 2.19. The minimum absolute atomic E-state index is 0.00346. The van der Waals surface area contributed by atoms with Gasteiger partial charge in [0.15, 0.2) is 11.6 Å². The van der Waals surface area contributed by atoms with Gasteiger partial charge in [-0.3, -0.25) is 14.9 Å². The molecule has 2 N–H and O–H groups in total. The smallest absolute Gasteiger partial charge is 0.313 e. The fourth-order valence-electron chi connectivity index (χ4n) is 2.73. The number of methoxy groups -OCH3 is 1. The first kappa shape index (κ1) is 16.0. The van der Waals surface area contributed by atoms with Crippen LogP contribution in [0.2, 0.25) is 0 Å². The minimum atomic E-state index is -0.718. The van der Waals surface area contributed by atoms with Gasteiger partial charge in [-0.15, -0.1) is 0 Å². The number of ether oxygens (including phenoxy) is 1. The van der Waals surface area contributed by atoms with Gasteiger partial charge in [0.25, 0.3) is 0 Å². The van der Waals surface area contributed by atoms with Crippen LogP contribution < -0.4 is 15.4 Å². The van der Waals surface area contributed by atoms with Gasteiger partial charge in [-0.25, -0.2) is 4.39 Å². The number of rotatable bonds is 4. The van der Waals surface area contributed by atoms with E-state index in [-0.39, 0.29) is 29.9 Å². The third kappa shape index (κ3) is 2.95. The van der Waals surface area contributed by atoms with Crippen molar-refractivity contribution in [3.8, 4) is 5.75 Å². The molecular formula is C14H18FN3O4. The summed E-state index contributed by atoms with van der Waals surface area (Å²) in [6, 6.07) is 2.14. The molecule has 8 heteroatoms. The topological polar surface area (TPSA) is 98.7 Å². The fourth-order valence-corrected chi connectivity index (χ4v) is 2.73. The van der Waals surface area contributed by atoms with Crippen LogP contribution in [0.1, 0.15) is 19.8 Å². The average Bonchev–Trinajstić information content (AvgIpc) is 2.47. The average molecular weight is 311 g/mol. The highest BCUT2D eigenvalue weighted by atomic mass is 19.1. The van der Waals surface area contributed by atoms with E-state index < -0.39 is 22.3 Å². The predicted octanol–water partition coefficient (Wildman–Crippen LogP) is 1.83. The summed E-state index contributed by atoms with van der Waals surface area (Å²) in [6.07, 6.45) is 1.34. The fraction of sp³-hybridized carbons (Fsp3) is 0.500. The van der Waals surface area contributed by atoms with Crippen molar-refractivity contribution in [1.29, 1.82) is 0 Å². The summed E-state index contributed by atoms with van der Waals surface area (Å²) in [4.78, 5) is 23.3. The van der Waals surface area contributed by atoms with E-state index in [2.05, 4.69) is 0 Å². The quantitative estimate of drug-likeness (QED) is 0.675. The Bertz CT molecular complexity index is 608. The standard InChI is InChI=1S/C14H18FN3O4/c1-8-3-4-9(14(16)19)7-17(8)11-6-13(22-2)12(18(20)21)5-10(11)15/h5-6,8-9H,3-4,7H2,1-2H3,(H2,16,19)/t8-,9-/m0/s1. The number of benzene rings is 1. The van der Waals surface area contributed by atoms with Gasteiger partial charge in [0.05, 0.1) is 29.7 Å². The molecule has 7 nitrogen and oxygen atoms in total. The third-order valence-corrected chi connectivity index (χ3v) is 4.04. The molecular weight excluding hydrogens is 293 g/mol. The Morgan fingerprint density at radius 1 is 1.50 bits per heavy atom. The number of nitro groups is 1. The SMILES string of the molecule is COc1cc(N2C[C@@H](C(N)=O)CC[C@@H]2C)c(F)cc1[N+](=O)[O-]. The van der Waals surface area contributed by atoms with Gasteiger partial charge in [-0.05, 0) is 19.8 Å². The maximum absolute atomic E-state index is 14.3. The molecule has 1 heterocycles. The van der Waals surface area contributed by atoms with Crippen LogP contribution in [-0.2, 0) is 4.79 Å². The lowest BCUT2D eigenvalue weighted by molar-refractivity contribution is -0.385.